The molecule has 2 nitrogen and oxygen atoms in total. The van der Waals surface area contributed by atoms with E-state index in [1.54, 1.807) is 0 Å². The van der Waals surface area contributed by atoms with Gasteiger partial charge >= 0.3 is 12.4 Å². The van der Waals surface area contributed by atoms with Crippen LogP contribution in [0.3, 0.4) is 0 Å². The summed E-state index contributed by atoms with van der Waals surface area (Å²) in [6.07, 6.45) is -6.38. The molecule has 2 rings (SSSR count). The summed E-state index contributed by atoms with van der Waals surface area (Å²) in [5.41, 5.74) is -4.85. The monoisotopic (exact) mass is 402 g/mol. The zero-order valence-corrected chi connectivity index (χ0v) is 15.6. The Bertz CT molecular complexity index is 527. The Balaban J connectivity index is 1.99. The molecule has 2 saturated carbocycles. The van der Waals surface area contributed by atoms with Gasteiger partial charge in [0.05, 0.1) is 6.10 Å². The van der Waals surface area contributed by atoms with Crippen LogP contribution in [0.4, 0.5) is 26.3 Å². The van der Waals surface area contributed by atoms with Crippen LogP contribution in [0.1, 0.15) is 58.8 Å². The fourth-order valence-corrected chi connectivity index (χ4v) is 5.29. The van der Waals surface area contributed by atoms with Gasteiger partial charge in [-0.25, -0.2) is 0 Å². The van der Waals surface area contributed by atoms with Gasteiger partial charge in [0.2, 0.25) is 0 Å². The molecule has 2 aliphatic rings. The van der Waals surface area contributed by atoms with E-state index < -0.39 is 18.0 Å². The number of alkyl halides is 6. The Morgan fingerprint density at radius 1 is 1.07 bits per heavy atom. The Labute approximate surface area is 155 Å². The van der Waals surface area contributed by atoms with Crippen molar-refractivity contribution in [3.8, 4) is 0 Å². The van der Waals surface area contributed by atoms with Gasteiger partial charge in [-0.05, 0) is 67.8 Å². The number of fused-ring (bicyclic) bond motifs is 1. The molecular weight excluding hydrogens is 374 g/mol. The third-order valence-corrected chi connectivity index (χ3v) is 6.86. The molecular formula is C19H28F6O2. The van der Waals surface area contributed by atoms with Crippen molar-refractivity contribution in [2.24, 2.45) is 23.2 Å². The molecule has 8 heteroatoms. The van der Waals surface area contributed by atoms with Gasteiger partial charge in [-0.3, -0.25) is 0 Å². The van der Waals surface area contributed by atoms with Crippen LogP contribution in [0.25, 0.3) is 0 Å². The summed E-state index contributed by atoms with van der Waals surface area (Å²) in [6, 6.07) is 0. The third-order valence-electron chi connectivity index (χ3n) is 6.86. The number of aliphatic hydroxyl groups excluding tert-OH is 1. The third kappa shape index (κ3) is 4.16. The summed E-state index contributed by atoms with van der Waals surface area (Å²) in [6.45, 7) is 4.11. The highest BCUT2D eigenvalue weighted by molar-refractivity contribution is 5.10. The van der Waals surface area contributed by atoms with E-state index in [4.69, 9.17) is 5.11 Å². The highest BCUT2D eigenvalue weighted by Gasteiger charge is 2.68. The van der Waals surface area contributed by atoms with E-state index in [0.29, 0.717) is 6.42 Å². The fraction of sp³-hybridized carbons (Fsp3) is 0.895. The highest BCUT2D eigenvalue weighted by atomic mass is 19.4. The lowest BCUT2D eigenvalue weighted by Gasteiger charge is -2.45. The molecule has 0 amide bonds. The molecule has 1 unspecified atom stereocenters. The minimum atomic E-state index is -5.82. The van der Waals surface area contributed by atoms with E-state index in [1.807, 2.05) is 6.92 Å². The summed E-state index contributed by atoms with van der Waals surface area (Å²) in [5, 5.41) is 19.4. The van der Waals surface area contributed by atoms with Crippen molar-refractivity contribution in [3.05, 3.63) is 12.2 Å². The fourth-order valence-electron chi connectivity index (χ4n) is 5.29. The maximum Gasteiger partial charge on any atom is 0.429 e. The molecule has 2 N–H and O–H groups in total. The van der Waals surface area contributed by atoms with E-state index >= 15 is 0 Å². The van der Waals surface area contributed by atoms with Crippen molar-refractivity contribution in [2.75, 3.05) is 0 Å². The molecule has 2 aliphatic carbocycles. The molecule has 0 heterocycles. The molecule has 0 saturated heterocycles. The molecule has 0 aliphatic heterocycles. The van der Waals surface area contributed by atoms with Crippen molar-refractivity contribution in [1.82, 2.24) is 0 Å². The van der Waals surface area contributed by atoms with Gasteiger partial charge in [-0.15, -0.1) is 0 Å². The van der Waals surface area contributed by atoms with E-state index in [2.05, 4.69) is 6.92 Å². The first kappa shape index (κ1) is 22.5. The van der Waals surface area contributed by atoms with Crippen LogP contribution in [0, 0.1) is 23.2 Å². The van der Waals surface area contributed by atoms with Crippen molar-refractivity contribution in [3.63, 3.8) is 0 Å². The minimum absolute atomic E-state index is 0.0233. The number of allylic oxidation sites excluding steroid dienone is 1. The molecule has 0 spiro atoms. The highest BCUT2D eigenvalue weighted by Crippen LogP contribution is 2.58. The molecule has 5 atom stereocenters. The number of aliphatic hydroxyl groups is 2. The molecule has 158 valence electrons. The molecule has 2 fully saturated rings. The normalized spacial score (nSPS) is 34.1. The Morgan fingerprint density at radius 2 is 1.67 bits per heavy atom. The lowest BCUT2D eigenvalue weighted by molar-refractivity contribution is -0.347. The molecule has 0 aromatic heterocycles. The van der Waals surface area contributed by atoms with Gasteiger partial charge in [-0.2, -0.15) is 26.3 Å². The Hall–Kier alpha value is -0.760. The molecule has 27 heavy (non-hydrogen) atoms. The van der Waals surface area contributed by atoms with E-state index in [-0.39, 0.29) is 41.8 Å². The number of hydrogen-bond donors (Lipinski definition) is 2. The number of halogens is 6. The van der Waals surface area contributed by atoms with Gasteiger partial charge in [-0.1, -0.05) is 26.3 Å². The van der Waals surface area contributed by atoms with Crippen molar-refractivity contribution < 1.29 is 36.6 Å². The topological polar surface area (TPSA) is 40.5 Å². The van der Waals surface area contributed by atoms with E-state index in [9.17, 15) is 31.4 Å². The van der Waals surface area contributed by atoms with Gasteiger partial charge in [0.25, 0.3) is 5.60 Å². The summed E-state index contributed by atoms with van der Waals surface area (Å²) < 4.78 is 76.0. The smallest absolute Gasteiger partial charge is 0.393 e. The average Bonchev–Trinajstić information content (AvgIpc) is 2.87. The van der Waals surface area contributed by atoms with E-state index in [1.165, 1.54) is 0 Å². The van der Waals surface area contributed by atoms with Crippen LogP contribution in [-0.2, 0) is 0 Å². The summed E-state index contributed by atoms with van der Waals surface area (Å²) >= 11 is 0. The first-order chi connectivity index (χ1) is 12.2. The maximum absolute atomic E-state index is 12.7. The van der Waals surface area contributed by atoms with Crippen molar-refractivity contribution in [2.45, 2.75) is 82.9 Å². The van der Waals surface area contributed by atoms with Crippen LogP contribution in [0.5, 0.6) is 0 Å². The first-order valence-electron chi connectivity index (χ1n) is 9.45. The van der Waals surface area contributed by atoms with Crippen LogP contribution < -0.4 is 0 Å². The zero-order chi connectivity index (χ0) is 20.7. The van der Waals surface area contributed by atoms with Gasteiger partial charge in [0.1, 0.15) is 0 Å². The van der Waals surface area contributed by atoms with Crippen LogP contribution in [0.15, 0.2) is 12.2 Å². The average molecular weight is 402 g/mol. The van der Waals surface area contributed by atoms with Crippen LogP contribution in [-0.4, -0.2) is 34.3 Å². The summed E-state index contributed by atoms with van der Waals surface area (Å²) in [5.74, 6) is 0.615. The second-order valence-electron chi connectivity index (χ2n) is 8.47. The quantitative estimate of drug-likeness (QED) is 0.478. The van der Waals surface area contributed by atoms with E-state index in [0.717, 1.165) is 38.2 Å². The Morgan fingerprint density at radius 3 is 2.22 bits per heavy atom. The van der Waals surface area contributed by atoms with Gasteiger partial charge in [0, 0.05) is 0 Å². The summed E-state index contributed by atoms with van der Waals surface area (Å²) in [7, 11) is 0. The predicted molar refractivity (Wildman–Crippen MR) is 88.8 cm³/mol. The lowest BCUT2D eigenvalue weighted by atomic mass is 9.61. The minimum Gasteiger partial charge on any atom is -0.393 e. The second kappa shape index (κ2) is 7.58. The molecule has 0 bridgehead atoms. The number of hydrogen-bond acceptors (Lipinski definition) is 2. The standard InChI is InChI=1S/C19H28F6O2/c1-12(13-8-9-14-15(26)7-5-10-16(13,14)2)6-3-4-11-17(27,18(20,21)22)19(23,24)25/h4,11-15,26-27H,3,5-10H2,1-2H3/t12?,13-,14-,15-,16+/m1/s1. The Kier molecular flexibility index (Phi) is 6.32. The predicted octanol–water partition coefficient (Wildman–Crippen LogP) is 5.39. The van der Waals surface area contributed by atoms with Crippen molar-refractivity contribution in [1.29, 1.82) is 0 Å². The number of rotatable bonds is 5. The zero-order valence-electron chi connectivity index (χ0n) is 15.6. The first-order valence-corrected chi connectivity index (χ1v) is 9.45. The second-order valence-corrected chi connectivity index (χ2v) is 8.47. The van der Waals surface area contributed by atoms with Crippen LogP contribution in [0.2, 0.25) is 0 Å². The lowest BCUT2D eigenvalue weighted by Crippen LogP contribution is -2.55. The summed E-state index contributed by atoms with van der Waals surface area (Å²) in [4.78, 5) is 0. The molecule has 0 aromatic carbocycles. The SMILES string of the molecule is CC(CCC=CC(O)(C(F)(F)F)C(F)(F)F)[C@H]1CC[C@@H]2[C@H](O)CCC[C@@]12C. The molecule has 0 aromatic rings. The van der Waals surface area contributed by atoms with Gasteiger partial charge < -0.3 is 10.2 Å². The largest absolute Gasteiger partial charge is 0.429 e. The molecule has 0 radical (unpaired) electrons. The van der Waals surface area contributed by atoms with Gasteiger partial charge in [0.15, 0.2) is 0 Å². The maximum atomic E-state index is 12.7. The van der Waals surface area contributed by atoms with Crippen molar-refractivity contribution >= 4 is 0 Å². The van der Waals surface area contributed by atoms with Crippen LogP contribution >= 0.6 is 0 Å².